The van der Waals surface area contributed by atoms with Gasteiger partial charge in [0, 0.05) is 12.6 Å². The van der Waals surface area contributed by atoms with E-state index in [0.29, 0.717) is 31.3 Å². The molecule has 0 aromatic rings. The highest BCUT2D eigenvalue weighted by atomic mass is 16.5. The molecule has 0 aromatic heterocycles. The van der Waals surface area contributed by atoms with Gasteiger partial charge in [0.25, 0.3) is 0 Å². The smallest absolute Gasteiger partial charge is 0.0704 e. The summed E-state index contributed by atoms with van der Waals surface area (Å²) in [5.41, 5.74) is 0. The second kappa shape index (κ2) is 9.13. The van der Waals surface area contributed by atoms with E-state index in [1.807, 2.05) is 7.05 Å². The molecule has 15 heavy (non-hydrogen) atoms. The zero-order valence-corrected chi connectivity index (χ0v) is 10.9. The third-order valence-corrected chi connectivity index (χ3v) is 2.26. The molecule has 3 heteroatoms. The quantitative estimate of drug-likeness (QED) is 0.600. The molecule has 1 N–H and O–H groups in total. The fraction of sp³-hybridized carbons (Fsp3) is 1.00. The summed E-state index contributed by atoms with van der Waals surface area (Å²) in [6.45, 7) is 10.8. The van der Waals surface area contributed by atoms with E-state index in [9.17, 15) is 0 Å². The summed E-state index contributed by atoms with van der Waals surface area (Å²) in [6, 6.07) is 0.511. The molecule has 0 heterocycles. The van der Waals surface area contributed by atoms with Crippen molar-refractivity contribution in [1.29, 1.82) is 0 Å². The molecule has 0 saturated carbocycles. The van der Waals surface area contributed by atoms with Crippen LogP contribution in [0.2, 0.25) is 0 Å². The molecule has 0 aliphatic rings. The lowest BCUT2D eigenvalue weighted by Crippen LogP contribution is -2.27. The van der Waals surface area contributed by atoms with Crippen LogP contribution in [0.5, 0.6) is 0 Å². The fourth-order valence-corrected chi connectivity index (χ4v) is 1.31. The van der Waals surface area contributed by atoms with Crippen molar-refractivity contribution in [3.05, 3.63) is 0 Å². The molecule has 2 unspecified atom stereocenters. The summed E-state index contributed by atoms with van der Waals surface area (Å²) in [7, 11) is 1.98. The molecule has 0 aromatic carbocycles. The second-order valence-corrected chi connectivity index (χ2v) is 4.58. The molecule has 0 spiro atoms. The molecule has 0 bridgehead atoms. The van der Waals surface area contributed by atoms with E-state index < -0.39 is 0 Å². The zero-order chi connectivity index (χ0) is 11.7. The monoisotopic (exact) mass is 217 g/mol. The van der Waals surface area contributed by atoms with Crippen LogP contribution in [0.15, 0.2) is 0 Å². The molecule has 3 nitrogen and oxygen atoms in total. The Hall–Kier alpha value is -0.120. The summed E-state index contributed by atoms with van der Waals surface area (Å²) in [5, 5.41) is 3.20. The average molecular weight is 217 g/mol. The van der Waals surface area contributed by atoms with Crippen LogP contribution < -0.4 is 5.32 Å². The third-order valence-electron chi connectivity index (χ3n) is 2.26. The summed E-state index contributed by atoms with van der Waals surface area (Å²) in [6.07, 6.45) is 1.34. The highest BCUT2D eigenvalue weighted by Crippen LogP contribution is 2.01. The number of ether oxygens (including phenoxy) is 2. The highest BCUT2D eigenvalue weighted by Gasteiger charge is 2.06. The number of hydrogen-bond acceptors (Lipinski definition) is 3. The Morgan fingerprint density at radius 2 is 1.73 bits per heavy atom. The molecule has 0 fully saturated rings. The lowest BCUT2D eigenvalue weighted by molar-refractivity contribution is 0.000878. The van der Waals surface area contributed by atoms with Gasteiger partial charge in [0.1, 0.15) is 0 Å². The predicted molar refractivity (Wildman–Crippen MR) is 64.2 cm³/mol. The molecule has 0 saturated heterocycles. The van der Waals surface area contributed by atoms with E-state index in [0.717, 1.165) is 13.0 Å². The van der Waals surface area contributed by atoms with Gasteiger partial charge < -0.3 is 14.8 Å². The SMILES string of the molecule is CNC(C)CC(C)OCCOCC(C)C. The summed E-state index contributed by atoms with van der Waals surface area (Å²) in [5.74, 6) is 0.603. The largest absolute Gasteiger partial charge is 0.379 e. The molecule has 0 rings (SSSR count). The van der Waals surface area contributed by atoms with Crippen molar-refractivity contribution in [3.63, 3.8) is 0 Å². The summed E-state index contributed by atoms with van der Waals surface area (Å²) in [4.78, 5) is 0. The minimum Gasteiger partial charge on any atom is -0.379 e. The minimum atomic E-state index is 0.301. The Morgan fingerprint density at radius 1 is 1.07 bits per heavy atom. The van der Waals surface area contributed by atoms with Gasteiger partial charge in [-0.05, 0) is 33.2 Å². The van der Waals surface area contributed by atoms with Gasteiger partial charge in [-0.1, -0.05) is 13.8 Å². The average Bonchev–Trinajstić information content (AvgIpc) is 2.16. The van der Waals surface area contributed by atoms with Crippen molar-refractivity contribution in [3.8, 4) is 0 Å². The van der Waals surface area contributed by atoms with E-state index in [1.165, 1.54) is 0 Å². The predicted octanol–water partition coefficient (Wildman–Crippen LogP) is 2.06. The topological polar surface area (TPSA) is 30.5 Å². The van der Waals surface area contributed by atoms with Gasteiger partial charge in [0.2, 0.25) is 0 Å². The normalized spacial score (nSPS) is 15.6. The molecule has 92 valence electrons. The first-order valence-electron chi connectivity index (χ1n) is 5.92. The number of hydrogen-bond donors (Lipinski definition) is 1. The molecular weight excluding hydrogens is 190 g/mol. The molecular formula is C12H27NO2. The van der Waals surface area contributed by atoms with Gasteiger partial charge in [-0.3, -0.25) is 0 Å². The molecule has 0 aliphatic carbocycles. The Balaban J connectivity index is 3.27. The van der Waals surface area contributed by atoms with Crippen molar-refractivity contribution < 1.29 is 9.47 Å². The molecule has 0 radical (unpaired) electrons. The van der Waals surface area contributed by atoms with Crippen molar-refractivity contribution >= 4 is 0 Å². The number of rotatable bonds is 9. The Labute approximate surface area is 94.5 Å². The lowest BCUT2D eigenvalue weighted by atomic mass is 10.1. The number of nitrogens with one attached hydrogen (secondary N) is 1. The van der Waals surface area contributed by atoms with Gasteiger partial charge >= 0.3 is 0 Å². The fourth-order valence-electron chi connectivity index (χ4n) is 1.31. The Morgan fingerprint density at radius 3 is 2.27 bits per heavy atom. The maximum absolute atomic E-state index is 5.63. The maximum Gasteiger partial charge on any atom is 0.0704 e. The van der Waals surface area contributed by atoms with Gasteiger partial charge in [-0.2, -0.15) is 0 Å². The highest BCUT2D eigenvalue weighted by molar-refractivity contribution is 4.62. The maximum atomic E-state index is 5.63. The van der Waals surface area contributed by atoms with Gasteiger partial charge in [-0.15, -0.1) is 0 Å². The van der Waals surface area contributed by atoms with Crippen molar-refractivity contribution in [2.24, 2.45) is 5.92 Å². The summed E-state index contributed by atoms with van der Waals surface area (Å²) < 4.78 is 11.1. The van der Waals surface area contributed by atoms with Gasteiger partial charge in [-0.25, -0.2) is 0 Å². The van der Waals surface area contributed by atoms with E-state index in [2.05, 4.69) is 33.0 Å². The van der Waals surface area contributed by atoms with E-state index >= 15 is 0 Å². The van der Waals surface area contributed by atoms with Crippen LogP contribution in [0.1, 0.15) is 34.1 Å². The van der Waals surface area contributed by atoms with Crippen molar-refractivity contribution in [2.45, 2.75) is 46.3 Å². The van der Waals surface area contributed by atoms with Crippen LogP contribution in [0, 0.1) is 5.92 Å². The molecule has 0 amide bonds. The Kier molecular flexibility index (Phi) is 9.06. The Bertz CT molecular complexity index is 140. The first-order chi connectivity index (χ1) is 7.06. The first-order valence-corrected chi connectivity index (χ1v) is 5.92. The van der Waals surface area contributed by atoms with Crippen LogP contribution in [0.3, 0.4) is 0 Å². The zero-order valence-electron chi connectivity index (χ0n) is 10.9. The molecule has 2 atom stereocenters. The second-order valence-electron chi connectivity index (χ2n) is 4.58. The van der Waals surface area contributed by atoms with Crippen molar-refractivity contribution in [1.82, 2.24) is 5.32 Å². The van der Waals surface area contributed by atoms with E-state index in [4.69, 9.17) is 9.47 Å². The van der Waals surface area contributed by atoms with Crippen molar-refractivity contribution in [2.75, 3.05) is 26.9 Å². The van der Waals surface area contributed by atoms with Crippen LogP contribution in [-0.2, 0) is 9.47 Å². The third kappa shape index (κ3) is 10.2. The minimum absolute atomic E-state index is 0.301. The van der Waals surface area contributed by atoms with Crippen LogP contribution >= 0.6 is 0 Å². The van der Waals surface area contributed by atoms with Crippen LogP contribution in [0.4, 0.5) is 0 Å². The van der Waals surface area contributed by atoms with Gasteiger partial charge in [0.05, 0.1) is 19.3 Å². The van der Waals surface area contributed by atoms with E-state index in [-0.39, 0.29) is 0 Å². The van der Waals surface area contributed by atoms with Gasteiger partial charge in [0.15, 0.2) is 0 Å². The lowest BCUT2D eigenvalue weighted by Gasteiger charge is -2.17. The first kappa shape index (κ1) is 14.9. The standard InChI is InChI=1S/C12H27NO2/c1-10(2)9-14-6-7-15-12(4)8-11(3)13-5/h10-13H,6-9H2,1-5H3. The summed E-state index contributed by atoms with van der Waals surface area (Å²) >= 11 is 0. The van der Waals surface area contributed by atoms with Crippen LogP contribution in [0.25, 0.3) is 0 Å². The molecule has 0 aliphatic heterocycles. The van der Waals surface area contributed by atoms with E-state index in [1.54, 1.807) is 0 Å². The van der Waals surface area contributed by atoms with Crippen LogP contribution in [-0.4, -0.2) is 39.0 Å².